The van der Waals surface area contributed by atoms with Crippen LogP contribution >= 0.6 is 11.6 Å². The smallest absolute Gasteiger partial charge is 0.308 e. The first-order chi connectivity index (χ1) is 14.9. The third-order valence-electron chi connectivity index (χ3n) is 5.50. The second-order valence-electron chi connectivity index (χ2n) is 9.02. The van der Waals surface area contributed by atoms with Crippen LogP contribution in [-0.2, 0) is 19.1 Å². The number of ether oxygens (including phenoxy) is 2. The molecule has 0 aromatic heterocycles. The van der Waals surface area contributed by atoms with Gasteiger partial charge in [-0.25, -0.2) is 0 Å². The summed E-state index contributed by atoms with van der Waals surface area (Å²) in [7, 11) is 4.00. The molecule has 2 unspecified atom stereocenters. The molecular weight excluding hydrogens is 414 g/mol. The lowest BCUT2D eigenvalue weighted by molar-refractivity contribution is -0.157. The van der Waals surface area contributed by atoms with Crippen LogP contribution in [0.1, 0.15) is 110 Å². The van der Waals surface area contributed by atoms with E-state index in [1.165, 1.54) is 57.8 Å². The van der Waals surface area contributed by atoms with Crippen LogP contribution in [-0.4, -0.2) is 49.6 Å². The number of hydrogen-bond acceptors (Lipinski definition) is 5. The summed E-state index contributed by atoms with van der Waals surface area (Å²) in [6.45, 7) is 4.99. The van der Waals surface area contributed by atoms with Crippen molar-refractivity contribution >= 4 is 23.5 Å². The maximum atomic E-state index is 12.1. The molecule has 0 rings (SSSR count). The second kappa shape index (κ2) is 21.1. The zero-order valence-electron chi connectivity index (χ0n) is 20.6. The summed E-state index contributed by atoms with van der Waals surface area (Å²) < 4.78 is 10.3. The monoisotopic (exact) mass is 461 g/mol. The van der Waals surface area contributed by atoms with Crippen LogP contribution < -0.4 is 0 Å². The Labute approximate surface area is 196 Å². The van der Waals surface area contributed by atoms with E-state index in [1.54, 1.807) is 0 Å². The minimum Gasteiger partial charge on any atom is -0.460 e. The number of carbonyl (C=O) groups excluding carboxylic acids is 2. The quantitative estimate of drug-likeness (QED) is 0.108. The fraction of sp³-hybridized carbons (Fsp3) is 0.920. The number of esters is 2. The summed E-state index contributed by atoms with van der Waals surface area (Å²) in [5.41, 5.74) is -0.917. The molecule has 0 radical (unpaired) electrons. The minimum absolute atomic E-state index is 0.0909. The van der Waals surface area contributed by atoms with Gasteiger partial charge in [0.25, 0.3) is 0 Å². The molecule has 0 fully saturated rings. The van der Waals surface area contributed by atoms with Crippen LogP contribution in [0.15, 0.2) is 0 Å². The van der Waals surface area contributed by atoms with Gasteiger partial charge in [0.2, 0.25) is 5.56 Å². The average molecular weight is 462 g/mol. The van der Waals surface area contributed by atoms with Gasteiger partial charge in [-0.3, -0.25) is 9.59 Å². The third-order valence-corrected chi connectivity index (χ3v) is 5.71. The first-order valence-electron chi connectivity index (χ1n) is 12.5. The molecule has 0 aromatic rings. The predicted molar refractivity (Wildman–Crippen MR) is 129 cm³/mol. The number of hydrogen-bond donors (Lipinski definition) is 0. The molecule has 0 saturated heterocycles. The van der Waals surface area contributed by atoms with Crippen LogP contribution in [0.2, 0.25) is 0 Å². The summed E-state index contributed by atoms with van der Waals surface area (Å²) in [5.74, 6) is -0.757. The standard InChI is InChI=1S/C25H48ClNO4/c1-5-6-7-8-9-10-11-12-13-14-15-18-22(2)25(29)30-21-23(26)31-24(28)19-16-17-20-27(3)4/h22-23H,5-21H2,1-4H3. The van der Waals surface area contributed by atoms with Gasteiger partial charge in [-0.2, -0.15) is 0 Å². The maximum Gasteiger partial charge on any atom is 0.308 e. The van der Waals surface area contributed by atoms with E-state index in [0.29, 0.717) is 6.42 Å². The van der Waals surface area contributed by atoms with Crippen LogP contribution in [0.4, 0.5) is 0 Å². The highest BCUT2D eigenvalue weighted by Crippen LogP contribution is 2.15. The first-order valence-corrected chi connectivity index (χ1v) is 12.9. The van der Waals surface area contributed by atoms with Gasteiger partial charge in [-0.15, -0.1) is 0 Å². The van der Waals surface area contributed by atoms with Gasteiger partial charge in [0.05, 0.1) is 5.92 Å². The molecule has 0 aliphatic carbocycles. The van der Waals surface area contributed by atoms with Crippen molar-refractivity contribution in [2.75, 3.05) is 27.2 Å². The molecular formula is C25H48ClNO4. The van der Waals surface area contributed by atoms with Crippen molar-refractivity contribution < 1.29 is 19.1 Å². The molecule has 2 atom stereocenters. The van der Waals surface area contributed by atoms with Crippen LogP contribution in [0.3, 0.4) is 0 Å². The second-order valence-corrected chi connectivity index (χ2v) is 9.50. The summed E-state index contributed by atoms with van der Waals surface area (Å²) in [6, 6.07) is 0. The number of rotatable bonds is 21. The molecule has 184 valence electrons. The highest BCUT2D eigenvalue weighted by molar-refractivity contribution is 6.20. The van der Waals surface area contributed by atoms with Crippen molar-refractivity contribution in [1.82, 2.24) is 4.90 Å². The Bertz CT molecular complexity index is 445. The van der Waals surface area contributed by atoms with E-state index < -0.39 is 5.56 Å². The number of alkyl halides is 1. The first kappa shape index (κ1) is 30.2. The van der Waals surface area contributed by atoms with Crippen molar-refractivity contribution in [2.45, 2.75) is 116 Å². The molecule has 0 aliphatic rings. The SMILES string of the molecule is CCCCCCCCCCCCCC(C)C(=O)OCC(Cl)OC(=O)CCCCN(C)C. The minimum atomic E-state index is -0.917. The van der Waals surface area contributed by atoms with Crippen LogP contribution in [0.5, 0.6) is 0 Å². The van der Waals surface area contributed by atoms with Crippen LogP contribution in [0, 0.1) is 5.92 Å². The highest BCUT2D eigenvalue weighted by Gasteiger charge is 2.18. The molecule has 0 aliphatic heterocycles. The molecule has 0 N–H and O–H groups in total. The summed E-state index contributed by atoms with van der Waals surface area (Å²) in [5, 5.41) is 0. The third kappa shape index (κ3) is 20.8. The largest absolute Gasteiger partial charge is 0.460 e. The molecule has 31 heavy (non-hydrogen) atoms. The lowest BCUT2D eigenvalue weighted by Crippen LogP contribution is -2.23. The van der Waals surface area contributed by atoms with Crippen molar-refractivity contribution in [3.05, 3.63) is 0 Å². The van der Waals surface area contributed by atoms with Crippen molar-refractivity contribution in [2.24, 2.45) is 5.92 Å². The molecule has 0 aromatic carbocycles. The van der Waals surface area contributed by atoms with Crippen molar-refractivity contribution in [1.29, 1.82) is 0 Å². The molecule has 0 bridgehead atoms. The molecule has 0 amide bonds. The Morgan fingerprint density at radius 1 is 0.839 bits per heavy atom. The maximum absolute atomic E-state index is 12.1. The lowest BCUT2D eigenvalue weighted by atomic mass is 10.0. The van der Waals surface area contributed by atoms with Gasteiger partial charge in [0.15, 0.2) is 0 Å². The number of halogens is 1. The zero-order valence-corrected chi connectivity index (χ0v) is 21.4. The van der Waals surface area contributed by atoms with Gasteiger partial charge in [0.1, 0.15) is 6.61 Å². The Balaban J connectivity index is 3.62. The van der Waals surface area contributed by atoms with Crippen molar-refractivity contribution in [3.63, 3.8) is 0 Å². The Hall–Kier alpha value is -0.810. The average Bonchev–Trinajstić information content (AvgIpc) is 2.73. The predicted octanol–water partition coefficient (Wildman–Crippen LogP) is 6.71. The Morgan fingerprint density at radius 3 is 1.94 bits per heavy atom. The van der Waals surface area contributed by atoms with E-state index in [9.17, 15) is 9.59 Å². The van der Waals surface area contributed by atoms with Gasteiger partial charge in [-0.05, 0) is 39.9 Å². The van der Waals surface area contributed by atoms with Crippen molar-refractivity contribution in [3.8, 4) is 0 Å². The van der Waals surface area contributed by atoms with Crippen LogP contribution in [0.25, 0.3) is 0 Å². The van der Waals surface area contributed by atoms with Gasteiger partial charge in [0, 0.05) is 6.42 Å². The van der Waals surface area contributed by atoms with E-state index in [1.807, 2.05) is 21.0 Å². The van der Waals surface area contributed by atoms with E-state index in [0.717, 1.165) is 38.6 Å². The molecule has 6 heteroatoms. The molecule has 5 nitrogen and oxygen atoms in total. The number of carbonyl (C=O) groups is 2. The molecule has 0 spiro atoms. The fourth-order valence-electron chi connectivity index (χ4n) is 3.46. The summed E-state index contributed by atoms with van der Waals surface area (Å²) in [6.07, 6.45) is 17.1. The van der Waals surface area contributed by atoms with E-state index in [4.69, 9.17) is 21.1 Å². The molecule has 0 heterocycles. The highest BCUT2D eigenvalue weighted by atomic mass is 35.5. The van der Waals surface area contributed by atoms with Gasteiger partial charge in [-0.1, -0.05) is 96.1 Å². The normalized spacial score (nSPS) is 13.2. The summed E-state index contributed by atoms with van der Waals surface area (Å²) in [4.78, 5) is 25.9. The van der Waals surface area contributed by atoms with Gasteiger partial charge < -0.3 is 14.4 Å². The lowest BCUT2D eigenvalue weighted by Gasteiger charge is -2.15. The Morgan fingerprint density at radius 2 is 1.39 bits per heavy atom. The van der Waals surface area contributed by atoms with Gasteiger partial charge >= 0.3 is 11.9 Å². The topological polar surface area (TPSA) is 55.8 Å². The number of nitrogens with zero attached hydrogens (tertiary/aromatic N) is 1. The van der Waals surface area contributed by atoms with E-state index >= 15 is 0 Å². The fourth-order valence-corrected chi connectivity index (χ4v) is 3.62. The number of unbranched alkanes of at least 4 members (excludes halogenated alkanes) is 11. The zero-order chi connectivity index (χ0) is 23.3. The van der Waals surface area contributed by atoms with E-state index in [2.05, 4.69) is 11.8 Å². The van der Waals surface area contributed by atoms with E-state index in [-0.39, 0.29) is 24.5 Å². The Kier molecular flexibility index (Phi) is 20.5. The molecule has 0 saturated carbocycles. The summed E-state index contributed by atoms with van der Waals surface area (Å²) >= 11 is 5.98.